The van der Waals surface area contributed by atoms with Crippen LogP contribution < -0.4 is 14.8 Å². The highest BCUT2D eigenvalue weighted by Crippen LogP contribution is 2.38. The Bertz CT molecular complexity index is 1720. The van der Waals surface area contributed by atoms with Gasteiger partial charge in [-0.05, 0) is 49.6 Å². The third kappa shape index (κ3) is 5.39. The Morgan fingerprint density at radius 1 is 1.12 bits per heavy atom. The number of fused-ring (bicyclic) bond motifs is 1. The van der Waals surface area contributed by atoms with Gasteiger partial charge in [0.2, 0.25) is 21.9 Å². The molecule has 2 aromatic heterocycles. The third-order valence-electron chi connectivity index (χ3n) is 7.71. The van der Waals surface area contributed by atoms with Crippen molar-refractivity contribution in [1.82, 2.24) is 18.8 Å². The normalized spacial score (nSPS) is 16.3. The summed E-state index contributed by atoms with van der Waals surface area (Å²) in [5.41, 5.74) is 1.97. The van der Waals surface area contributed by atoms with Gasteiger partial charge in [0.15, 0.2) is 5.65 Å². The minimum atomic E-state index is -3.79. The number of hydrogen-bond acceptors (Lipinski definition) is 9. The average Bonchev–Trinajstić information content (AvgIpc) is 3.42. The summed E-state index contributed by atoms with van der Waals surface area (Å²) in [6.45, 7) is 4.96. The maximum Gasteiger partial charge on any atom is 0.254 e. The second-order valence-corrected chi connectivity index (χ2v) is 12.6. The number of nitrogens with zero attached hydrogens (tertiary/aromatic N) is 4. The van der Waals surface area contributed by atoms with Crippen LogP contribution in [0.3, 0.4) is 0 Å². The molecule has 4 aromatic rings. The van der Waals surface area contributed by atoms with Crippen LogP contribution in [-0.4, -0.2) is 73.2 Å². The highest BCUT2D eigenvalue weighted by Gasteiger charge is 2.43. The van der Waals surface area contributed by atoms with E-state index in [2.05, 4.69) is 15.3 Å². The minimum Gasteiger partial charge on any atom is -0.495 e. The van der Waals surface area contributed by atoms with Crippen LogP contribution in [0.5, 0.6) is 11.6 Å². The summed E-state index contributed by atoms with van der Waals surface area (Å²) >= 11 is 0. The van der Waals surface area contributed by atoms with Gasteiger partial charge in [-0.15, -0.1) is 0 Å². The number of aromatic nitrogens is 3. The number of nitrogens with one attached hydrogen (secondary N) is 1. The lowest BCUT2D eigenvalue weighted by atomic mass is 9.78. The number of ether oxygens (including phenoxy) is 3. The second kappa shape index (κ2) is 11.3. The van der Waals surface area contributed by atoms with Crippen molar-refractivity contribution in [1.29, 1.82) is 0 Å². The fraction of sp³-hybridized carbons (Fsp3) is 0.367. The van der Waals surface area contributed by atoms with Crippen molar-refractivity contribution in [3.05, 3.63) is 71.9 Å². The van der Waals surface area contributed by atoms with E-state index < -0.39 is 10.0 Å². The molecule has 2 saturated heterocycles. The summed E-state index contributed by atoms with van der Waals surface area (Å²) < 4.78 is 44.7. The van der Waals surface area contributed by atoms with E-state index in [4.69, 9.17) is 14.2 Å². The zero-order valence-electron chi connectivity index (χ0n) is 23.6. The molecule has 2 fully saturated rings. The Hall–Kier alpha value is -4.16. The molecule has 1 spiro atoms. The molecule has 11 nitrogen and oxygen atoms in total. The molecule has 1 amide bonds. The molecule has 1 N–H and O–H groups in total. The van der Waals surface area contributed by atoms with E-state index in [9.17, 15) is 13.2 Å². The number of carbonyl (C=O) groups is 1. The van der Waals surface area contributed by atoms with Crippen LogP contribution in [-0.2, 0) is 20.5 Å². The molecule has 2 aromatic carbocycles. The highest BCUT2D eigenvalue weighted by molar-refractivity contribution is 7.89. The fourth-order valence-electron chi connectivity index (χ4n) is 5.58. The van der Waals surface area contributed by atoms with Gasteiger partial charge in [0.1, 0.15) is 5.75 Å². The van der Waals surface area contributed by atoms with Crippen LogP contribution >= 0.6 is 0 Å². The van der Waals surface area contributed by atoms with Crippen molar-refractivity contribution in [3.8, 4) is 11.6 Å². The van der Waals surface area contributed by atoms with Gasteiger partial charge in [-0.25, -0.2) is 12.4 Å². The summed E-state index contributed by atoms with van der Waals surface area (Å²) in [6, 6.07) is 15.8. The number of anilines is 2. The zero-order chi connectivity index (χ0) is 29.3. The molecule has 0 unspecified atom stereocenters. The Morgan fingerprint density at radius 2 is 1.93 bits per heavy atom. The molecule has 0 bridgehead atoms. The van der Waals surface area contributed by atoms with Crippen LogP contribution in [0.2, 0.25) is 0 Å². The topological polar surface area (TPSA) is 125 Å². The number of hydrogen-bond donors (Lipinski definition) is 1. The van der Waals surface area contributed by atoms with Crippen LogP contribution in [0.1, 0.15) is 35.7 Å². The van der Waals surface area contributed by atoms with Gasteiger partial charge < -0.3 is 24.4 Å². The first kappa shape index (κ1) is 28.0. The Kier molecular flexibility index (Phi) is 7.50. The van der Waals surface area contributed by atoms with Crippen molar-refractivity contribution in [2.75, 3.05) is 45.3 Å². The first-order chi connectivity index (χ1) is 20.3. The number of likely N-dealkylation sites (tertiary alicyclic amines) is 1. The smallest absolute Gasteiger partial charge is 0.254 e. The van der Waals surface area contributed by atoms with Crippen molar-refractivity contribution in [2.24, 2.45) is 5.41 Å². The van der Waals surface area contributed by atoms with E-state index in [1.807, 2.05) is 17.9 Å². The van der Waals surface area contributed by atoms with E-state index in [0.717, 1.165) is 16.8 Å². The van der Waals surface area contributed by atoms with Gasteiger partial charge in [0.25, 0.3) is 5.91 Å². The van der Waals surface area contributed by atoms with Crippen LogP contribution in [0.25, 0.3) is 11.0 Å². The molecule has 0 saturated carbocycles. The lowest BCUT2D eigenvalue weighted by molar-refractivity contribution is -0.138. The number of methoxy groups -OCH3 is 1. The molecule has 4 heterocycles. The highest BCUT2D eigenvalue weighted by atomic mass is 32.2. The number of amides is 1. The van der Waals surface area contributed by atoms with Crippen LogP contribution in [0, 0.1) is 5.41 Å². The van der Waals surface area contributed by atoms with E-state index in [1.165, 1.54) is 13.3 Å². The molecule has 0 atom stereocenters. The number of piperidine rings is 1. The van der Waals surface area contributed by atoms with Crippen LogP contribution in [0.4, 0.5) is 11.6 Å². The number of rotatable bonds is 9. The molecule has 220 valence electrons. The van der Waals surface area contributed by atoms with Gasteiger partial charge in [-0.2, -0.15) is 9.97 Å². The maximum atomic E-state index is 13.4. The van der Waals surface area contributed by atoms with Gasteiger partial charge in [-0.1, -0.05) is 30.3 Å². The Balaban J connectivity index is 1.29. The minimum absolute atomic E-state index is 0.0522. The molecular weight excluding hydrogens is 558 g/mol. The molecule has 2 aliphatic rings. The van der Waals surface area contributed by atoms with Crippen molar-refractivity contribution in [2.45, 2.75) is 25.5 Å². The Morgan fingerprint density at radius 3 is 2.64 bits per heavy atom. The second-order valence-electron chi connectivity index (χ2n) is 10.7. The van der Waals surface area contributed by atoms with E-state index >= 15 is 0 Å². The maximum absolute atomic E-state index is 13.4. The summed E-state index contributed by atoms with van der Waals surface area (Å²) in [5.74, 6) is 0.560. The number of carbonyl (C=O) groups excluding carboxylic acids is 1. The van der Waals surface area contributed by atoms with E-state index in [1.54, 1.807) is 48.5 Å². The van der Waals surface area contributed by atoms with Gasteiger partial charge in [-0.3, -0.25) is 4.79 Å². The molecule has 0 radical (unpaired) electrons. The Labute approximate surface area is 244 Å². The van der Waals surface area contributed by atoms with Gasteiger partial charge in [0, 0.05) is 30.3 Å². The predicted molar refractivity (Wildman–Crippen MR) is 158 cm³/mol. The molecule has 2 aliphatic heterocycles. The summed E-state index contributed by atoms with van der Waals surface area (Å²) in [5, 5.41) is 3.61. The van der Waals surface area contributed by atoms with E-state index in [0.29, 0.717) is 60.9 Å². The largest absolute Gasteiger partial charge is 0.495 e. The zero-order valence-corrected chi connectivity index (χ0v) is 24.4. The van der Waals surface area contributed by atoms with Crippen molar-refractivity contribution in [3.63, 3.8) is 0 Å². The molecule has 0 aliphatic carbocycles. The van der Waals surface area contributed by atoms with Crippen molar-refractivity contribution < 1.29 is 27.4 Å². The summed E-state index contributed by atoms with van der Waals surface area (Å²) in [7, 11) is -2.27. The third-order valence-corrected chi connectivity index (χ3v) is 9.30. The standard InChI is InChI=1S/C30H33N5O6S/c1-3-41-27-23-12-15-35(42(37,38)17-21-8-5-4-6-9-21)26(23)32-29(33-27)31-24-11-10-22(16-25(24)39-2)28(36)34-14-7-13-30(18-34)19-40-20-30/h4-6,8-12,15-16H,3,7,13-14,17-20H2,1-2H3,(H,31,32,33). The van der Waals surface area contributed by atoms with Gasteiger partial charge >= 0.3 is 0 Å². The average molecular weight is 592 g/mol. The summed E-state index contributed by atoms with van der Waals surface area (Å²) in [4.78, 5) is 24.3. The first-order valence-corrected chi connectivity index (χ1v) is 15.5. The lowest BCUT2D eigenvalue weighted by Gasteiger charge is -2.48. The lowest BCUT2D eigenvalue weighted by Crippen LogP contribution is -2.55. The van der Waals surface area contributed by atoms with Crippen LogP contribution in [0.15, 0.2) is 60.8 Å². The number of benzene rings is 2. The molecule has 42 heavy (non-hydrogen) atoms. The van der Waals surface area contributed by atoms with E-state index in [-0.39, 0.29) is 34.6 Å². The predicted octanol–water partition coefficient (Wildman–Crippen LogP) is 4.21. The first-order valence-electron chi connectivity index (χ1n) is 13.9. The molecule has 6 rings (SSSR count). The summed E-state index contributed by atoms with van der Waals surface area (Å²) in [6.07, 6.45) is 3.50. The molecular formula is C30H33N5O6S. The van der Waals surface area contributed by atoms with Crippen molar-refractivity contribution >= 4 is 38.6 Å². The monoisotopic (exact) mass is 591 g/mol. The van der Waals surface area contributed by atoms with Gasteiger partial charge in [0.05, 0.1) is 43.8 Å². The SMILES string of the molecule is CCOc1nc(Nc2ccc(C(=O)N3CCCC4(COC4)C3)cc2OC)nc2c1ccn2S(=O)(=O)Cc1ccccc1. The quantitative estimate of drug-likeness (QED) is 0.305. The fourth-order valence-corrected chi connectivity index (χ4v) is 6.99. The molecule has 12 heteroatoms.